The zero-order valence-electron chi connectivity index (χ0n) is 16.6. The van der Waals surface area contributed by atoms with Gasteiger partial charge in [-0.05, 0) is 32.8 Å². The third-order valence-corrected chi connectivity index (χ3v) is 4.80. The molecule has 0 aliphatic carbocycles. The van der Waals surface area contributed by atoms with E-state index in [1.165, 1.54) is 24.0 Å². The second-order valence-corrected chi connectivity index (χ2v) is 7.35. The van der Waals surface area contributed by atoms with Crippen molar-refractivity contribution >= 4 is 38.4 Å². The Hall–Kier alpha value is -2.32. The number of rotatable bonds is 12. The molecule has 0 saturated heterocycles. The molecular weight excluding hydrogens is 399 g/mol. The second kappa shape index (κ2) is 12.3. The highest BCUT2D eigenvalue weighted by molar-refractivity contribution is 7.40. The monoisotopic (exact) mass is 428 g/mol. The van der Waals surface area contributed by atoms with Crippen LogP contribution in [0.25, 0.3) is 0 Å². The number of hydrogen-bond acceptors (Lipinski definition) is 6. The lowest BCUT2D eigenvalue weighted by Gasteiger charge is -2.20. The number of nitrogens with one attached hydrogen (secondary N) is 3. The minimum Gasteiger partial charge on any atom is -0.370 e. The molecule has 2 unspecified atom stereocenters. The van der Waals surface area contributed by atoms with Gasteiger partial charge >= 0.3 is 0 Å². The van der Waals surface area contributed by atoms with Crippen molar-refractivity contribution in [1.29, 1.82) is 0 Å². The highest BCUT2D eigenvalue weighted by Gasteiger charge is 2.23. The lowest BCUT2D eigenvalue weighted by molar-refractivity contribution is -0.131. The molecule has 4 atom stereocenters. The molecule has 10 nitrogen and oxygen atoms in total. The first-order valence-corrected chi connectivity index (χ1v) is 10.0. The molecule has 0 aromatic heterocycles. The third-order valence-electron chi connectivity index (χ3n) is 4.30. The van der Waals surface area contributed by atoms with Crippen LogP contribution in [-0.4, -0.2) is 70.6 Å². The Morgan fingerprint density at radius 3 is 2.28 bits per heavy atom. The van der Waals surface area contributed by atoms with Crippen LogP contribution in [0.4, 0.5) is 0 Å². The van der Waals surface area contributed by atoms with Crippen molar-refractivity contribution in [2.24, 2.45) is 0 Å². The van der Waals surface area contributed by atoms with E-state index in [0.29, 0.717) is 12.8 Å². The average Bonchev–Trinajstić information content (AvgIpc) is 2.97. The quantitative estimate of drug-likeness (QED) is 0.227. The number of aliphatic hydroxyl groups excluding tert-OH is 1. The van der Waals surface area contributed by atoms with Gasteiger partial charge in [-0.3, -0.25) is 24.0 Å². The minimum absolute atomic E-state index is 0.170. The van der Waals surface area contributed by atoms with Gasteiger partial charge in [0.1, 0.15) is 12.3 Å². The second-order valence-electron chi connectivity index (χ2n) is 6.78. The van der Waals surface area contributed by atoms with Gasteiger partial charge in [0.15, 0.2) is 5.52 Å². The smallest absolute Gasteiger partial charge is 0.248 e. The molecule has 1 heterocycles. The molecule has 4 N–H and O–H groups in total. The van der Waals surface area contributed by atoms with Gasteiger partial charge in [0.2, 0.25) is 23.6 Å². The zero-order valence-corrected chi connectivity index (χ0v) is 17.8. The number of unbranched alkanes of at least 4 members (excludes halogenated alkanes) is 1. The Balaban J connectivity index is 2.13. The normalized spacial score (nSPS) is 17.6. The van der Waals surface area contributed by atoms with Crippen molar-refractivity contribution in [3.8, 4) is 0 Å². The summed E-state index contributed by atoms with van der Waals surface area (Å²) in [4.78, 5) is 59.3. The van der Waals surface area contributed by atoms with Crippen LogP contribution in [0.5, 0.6) is 0 Å². The van der Waals surface area contributed by atoms with E-state index in [9.17, 15) is 29.1 Å². The van der Waals surface area contributed by atoms with E-state index < -0.39 is 24.2 Å². The number of nitrogens with zero attached hydrogens (tertiary/aromatic N) is 1. The lowest BCUT2D eigenvalue weighted by atomic mass is 10.1. The van der Waals surface area contributed by atoms with Crippen LogP contribution in [0.2, 0.25) is 0 Å². The Morgan fingerprint density at radius 1 is 1.10 bits per heavy atom. The van der Waals surface area contributed by atoms with Crippen LogP contribution >= 0.6 is 9.24 Å². The summed E-state index contributed by atoms with van der Waals surface area (Å²) < 4.78 is 0. The van der Waals surface area contributed by atoms with Crippen LogP contribution < -0.4 is 16.0 Å². The summed E-state index contributed by atoms with van der Waals surface area (Å²) in [6.07, 6.45) is 3.07. The zero-order chi connectivity index (χ0) is 22.0. The van der Waals surface area contributed by atoms with Gasteiger partial charge in [-0.1, -0.05) is 9.24 Å². The number of amides is 4. The predicted molar refractivity (Wildman–Crippen MR) is 108 cm³/mol. The van der Waals surface area contributed by atoms with E-state index in [-0.39, 0.29) is 49.2 Å². The summed E-state index contributed by atoms with van der Waals surface area (Å²) >= 11 is 0. The van der Waals surface area contributed by atoms with Gasteiger partial charge in [0, 0.05) is 32.0 Å². The molecule has 11 heteroatoms. The van der Waals surface area contributed by atoms with E-state index in [4.69, 9.17) is 0 Å². The van der Waals surface area contributed by atoms with Crippen LogP contribution in [-0.2, 0) is 24.0 Å². The first-order chi connectivity index (χ1) is 13.6. The average molecular weight is 428 g/mol. The van der Waals surface area contributed by atoms with Crippen molar-refractivity contribution in [3.63, 3.8) is 0 Å². The van der Waals surface area contributed by atoms with Crippen molar-refractivity contribution in [3.05, 3.63) is 12.2 Å². The minimum atomic E-state index is -0.952. The standard InChI is InChI=1S/C18H29N4O6P/c1-11(17(27)21-12(2)18(28)29)20-14(24)6-4-3-5-13(23)19-9-10-22-15(25)7-8-16(22)26/h7-8,11-12,15,25H,3-6,9-10,29H2,1-2H3,(H,19,23)(H,20,24)(H,21,27)/t11-,12-,15?/m0/s1. The molecule has 162 valence electrons. The van der Waals surface area contributed by atoms with Crippen LogP contribution in [0.3, 0.4) is 0 Å². The number of carbonyl (C=O) groups excluding carboxylic acids is 5. The van der Waals surface area contributed by atoms with Gasteiger partial charge in [-0.25, -0.2) is 0 Å². The largest absolute Gasteiger partial charge is 0.370 e. The number of carbonyl (C=O) groups is 5. The maximum atomic E-state index is 11.9. The van der Waals surface area contributed by atoms with E-state index in [1.807, 2.05) is 9.24 Å². The first-order valence-electron chi connectivity index (χ1n) is 9.44. The lowest BCUT2D eigenvalue weighted by Crippen LogP contribution is -2.48. The van der Waals surface area contributed by atoms with Gasteiger partial charge in [-0.2, -0.15) is 0 Å². The third kappa shape index (κ3) is 9.15. The molecular formula is C18H29N4O6P. The molecule has 1 aliphatic heterocycles. The maximum absolute atomic E-state index is 11.9. The fourth-order valence-corrected chi connectivity index (χ4v) is 2.59. The summed E-state index contributed by atoms with van der Waals surface area (Å²) in [5, 5.41) is 17.2. The summed E-state index contributed by atoms with van der Waals surface area (Å²) in [5.74, 6) is -1.26. The Bertz CT molecular complexity index is 669. The first kappa shape index (κ1) is 24.7. The molecule has 0 spiro atoms. The van der Waals surface area contributed by atoms with E-state index in [1.54, 1.807) is 6.92 Å². The van der Waals surface area contributed by atoms with Crippen molar-refractivity contribution in [1.82, 2.24) is 20.9 Å². The maximum Gasteiger partial charge on any atom is 0.248 e. The Labute approximate surface area is 172 Å². The van der Waals surface area contributed by atoms with E-state index in [2.05, 4.69) is 16.0 Å². The van der Waals surface area contributed by atoms with Crippen LogP contribution in [0, 0.1) is 0 Å². The van der Waals surface area contributed by atoms with Crippen molar-refractivity contribution < 1.29 is 29.1 Å². The molecule has 0 aromatic carbocycles. The fraction of sp³-hybridized carbons (Fsp3) is 0.611. The fourth-order valence-electron chi connectivity index (χ4n) is 2.50. The van der Waals surface area contributed by atoms with Gasteiger partial charge in [-0.15, -0.1) is 0 Å². The summed E-state index contributed by atoms with van der Waals surface area (Å²) in [5.41, 5.74) is -0.255. The molecule has 0 aromatic rings. The van der Waals surface area contributed by atoms with Gasteiger partial charge in [0.25, 0.3) is 0 Å². The molecule has 0 fully saturated rings. The van der Waals surface area contributed by atoms with Crippen molar-refractivity contribution in [2.75, 3.05) is 13.1 Å². The number of aliphatic hydroxyl groups is 1. The molecule has 4 amide bonds. The molecule has 1 aliphatic rings. The number of hydrogen-bond donors (Lipinski definition) is 4. The molecule has 1 rings (SSSR count). The predicted octanol–water partition coefficient (Wildman–Crippen LogP) is -1.21. The van der Waals surface area contributed by atoms with Gasteiger partial charge in [0.05, 0.1) is 6.04 Å². The molecule has 0 saturated carbocycles. The topological polar surface area (TPSA) is 145 Å². The Morgan fingerprint density at radius 2 is 1.72 bits per heavy atom. The summed E-state index contributed by atoms with van der Waals surface area (Å²) in [6.45, 7) is 3.52. The van der Waals surface area contributed by atoms with Crippen LogP contribution in [0.15, 0.2) is 12.2 Å². The van der Waals surface area contributed by atoms with E-state index >= 15 is 0 Å². The molecule has 0 radical (unpaired) electrons. The highest BCUT2D eigenvalue weighted by atomic mass is 31.0. The van der Waals surface area contributed by atoms with Gasteiger partial charge < -0.3 is 26.0 Å². The Kier molecular flexibility index (Phi) is 10.5. The summed E-state index contributed by atoms with van der Waals surface area (Å²) in [6, 6.07) is -1.41. The van der Waals surface area contributed by atoms with E-state index in [0.717, 1.165) is 0 Å². The highest BCUT2D eigenvalue weighted by Crippen LogP contribution is 2.07. The SMILES string of the molecule is C[C@H](NC(=O)[C@H](C)NC(=O)CCCCC(=O)NCCN1C(=O)C=CC1O)C(=O)P. The molecule has 0 bridgehead atoms. The summed E-state index contributed by atoms with van der Waals surface area (Å²) in [7, 11) is 1.99. The van der Waals surface area contributed by atoms with Crippen molar-refractivity contribution in [2.45, 2.75) is 57.8 Å². The van der Waals surface area contributed by atoms with Crippen LogP contribution in [0.1, 0.15) is 39.5 Å². The molecule has 29 heavy (non-hydrogen) atoms.